The van der Waals surface area contributed by atoms with Crippen molar-refractivity contribution in [2.24, 2.45) is 0 Å². The third-order valence-corrected chi connectivity index (χ3v) is 12.3. The molecule has 3 N–H and O–H groups in total. The number of hydrogen-bond donors (Lipinski definition) is 3. The number of aromatic amines is 2. The second-order valence-electron chi connectivity index (χ2n) is 13.9. The van der Waals surface area contributed by atoms with Gasteiger partial charge in [-0.3, -0.25) is 10.1 Å². The molecular formula is C46H33N5O3S. The lowest BCUT2D eigenvalue weighted by Crippen LogP contribution is -2.45. The smallest absolute Gasteiger partial charge is 0.307 e. The van der Waals surface area contributed by atoms with Crippen LogP contribution in [0.1, 0.15) is 28.0 Å². The molecular weight excluding hydrogens is 703 g/mol. The molecule has 266 valence electrons. The molecule has 1 fully saturated rings. The van der Waals surface area contributed by atoms with E-state index >= 15 is 0 Å². The minimum absolute atomic E-state index is 0.186. The van der Waals surface area contributed by atoms with E-state index in [9.17, 15) is 15.2 Å². The standard InChI is InChI=1S/C46H33N5O3S/c52-38-27-55-45-43-41(30-17-9-3-10-18-30)36-25-23-34(48-36)39(28-13-5-1-6-14-28)32-21-22-33(47-32)40(29-15-7-2-8-16-29)35-24-26-37(49-35)42(31-19-11-4-12-20-31)44(50-43)46(38,45)51(53)54/h1-26,38,45,48-49,52H,27H2/t38?,45-,46-/m0/s1. The quantitative estimate of drug-likeness (QED) is 0.120. The number of thioether (sulfide) groups is 1. The molecule has 1 saturated heterocycles. The molecule has 10 rings (SSSR count). The molecule has 55 heavy (non-hydrogen) atoms. The summed E-state index contributed by atoms with van der Waals surface area (Å²) in [7, 11) is 0. The Morgan fingerprint density at radius 2 is 0.982 bits per heavy atom. The topological polar surface area (TPSA) is 121 Å². The van der Waals surface area contributed by atoms with E-state index in [0.29, 0.717) is 16.8 Å². The van der Waals surface area contributed by atoms with Crippen molar-refractivity contribution in [3.63, 3.8) is 0 Å². The molecule has 4 aromatic carbocycles. The number of nitrogens with zero attached hydrogens (tertiary/aromatic N) is 3. The molecule has 0 saturated carbocycles. The highest BCUT2D eigenvalue weighted by Gasteiger charge is 2.68. The summed E-state index contributed by atoms with van der Waals surface area (Å²) in [5.74, 6) is 0.186. The number of nitro groups is 1. The van der Waals surface area contributed by atoms with E-state index < -0.39 is 16.9 Å². The van der Waals surface area contributed by atoms with Crippen LogP contribution in [0.15, 0.2) is 146 Å². The van der Waals surface area contributed by atoms with E-state index in [-0.39, 0.29) is 16.4 Å². The van der Waals surface area contributed by atoms with Crippen molar-refractivity contribution in [3.8, 4) is 44.5 Å². The number of aliphatic hydroxyl groups is 1. The van der Waals surface area contributed by atoms with Gasteiger partial charge in [-0.15, -0.1) is 11.8 Å². The van der Waals surface area contributed by atoms with Gasteiger partial charge in [0.05, 0.1) is 17.1 Å². The van der Waals surface area contributed by atoms with E-state index in [0.717, 1.165) is 66.9 Å². The van der Waals surface area contributed by atoms with Gasteiger partial charge in [-0.05, 0) is 58.7 Å². The van der Waals surface area contributed by atoms with Gasteiger partial charge < -0.3 is 15.1 Å². The summed E-state index contributed by atoms with van der Waals surface area (Å²) < 4.78 is 0. The van der Waals surface area contributed by atoms with Crippen LogP contribution in [0.2, 0.25) is 0 Å². The minimum atomic E-state index is -1.92. The summed E-state index contributed by atoms with van der Waals surface area (Å²) in [6.07, 6.45) is 2.82. The van der Waals surface area contributed by atoms with E-state index in [1.807, 2.05) is 127 Å². The Balaban J connectivity index is 1.46. The average molecular weight is 736 g/mol. The Bertz CT molecular complexity index is 2820. The first-order chi connectivity index (χ1) is 27.0. The molecule has 0 aliphatic carbocycles. The molecule has 3 aliphatic heterocycles. The normalized spacial score (nSPS) is 18.6. The minimum Gasteiger partial charge on any atom is -0.384 e. The van der Waals surface area contributed by atoms with Crippen LogP contribution in [-0.4, -0.2) is 41.8 Å². The summed E-state index contributed by atoms with van der Waals surface area (Å²) in [4.78, 5) is 31.6. The molecule has 1 unspecified atom stereocenters. The molecule has 8 nitrogen and oxygen atoms in total. The molecule has 0 radical (unpaired) electrons. The maximum absolute atomic E-state index is 13.8. The Morgan fingerprint density at radius 1 is 0.582 bits per heavy atom. The number of rotatable bonds is 5. The fourth-order valence-corrected chi connectivity index (χ4v) is 9.94. The lowest BCUT2D eigenvalue weighted by atomic mass is 9.83. The number of nitrogens with one attached hydrogen (secondary N) is 2. The van der Waals surface area contributed by atoms with Gasteiger partial charge in [0, 0.05) is 55.0 Å². The van der Waals surface area contributed by atoms with E-state index in [1.54, 1.807) is 0 Å². The van der Waals surface area contributed by atoms with Gasteiger partial charge in [0.25, 0.3) is 0 Å². The number of fused-ring (bicyclic) bond motifs is 11. The van der Waals surface area contributed by atoms with E-state index in [1.165, 1.54) is 11.8 Å². The van der Waals surface area contributed by atoms with Gasteiger partial charge in [0.2, 0.25) is 0 Å². The van der Waals surface area contributed by atoms with Crippen LogP contribution >= 0.6 is 11.8 Å². The second kappa shape index (κ2) is 13.1. The van der Waals surface area contributed by atoms with Gasteiger partial charge in [-0.25, -0.2) is 9.97 Å². The van der Waals surface area contributed by atoms with Crippen molar-refractivity contribution in [2.75, 3.05) is 5.75 Å². The van der Waals surface area contributed by atoms with Gasteiger partial charge in [0.1, 0.15) is 17.0 Å². The van der Waals surface area contributed by atoms with Gasteiger partial charge in [0.15, 0.2) is 0 Å². The van der Waals surface area contributed by atoms with Crippen LogP contribution in [0.5, 0.6) is 0 Å². The maximum Gasteiger partial charge on any atom is 0.307 e. The van der Waals surface area contributed by atoms with Crippen LogP contribution in [0.3, 0.4) is 0 Å². The van der Waals surface area contributed by atoms with Crippen LogP contribution in [0.4, 0.5) is 0 Å². The Kier molecular flexibility index (Phi) is 7.86. The predicted octanol–water partition coefficient (Wildman–Crippen LogP) is 10.5. The summed E-state index contributed by atoms with van der Waals surface area (Å²) in [5.41, 5.74) is 10.2. The third kappa shape index (κ3) is 5.19. The molecule has 3 aromatic heterocycles. The number of benzene rings is 4. The number of aliphatic hydroxyl groups excluding tert-OH is 1. The van der Waals surface area contributed by atoms with Crippen LogP contribution < -0.4 is 0 Å². The zero-order chi connectivity index (χ0) is 37.1. The summed E-state index contributed by atoms with van der Waals surface area (Å²) in [6, 6.07) is 47.9. The first-order valence-corrected chi connectivity index (χ1v) is 19.2. The van der Waals surface area contributed by atoms with E-state index in [4.69, 9.17) is 9.97 Å². The highest BCUT2D eigenvalue weighted by molar-refractivity contribution is 7.99. The molecule has 3 atom stereocenters. The van der Waals surface area contributed by atoms with Crippen LogP contribution in [0.25, 0.3) is 78.7 Å². The third-order valence-electron chi connectivity index (χ3n) is 10.8. The number of H-pyrrole nitrogens is 2. The predicted molar refractivity (Wildman–Crippen MR) is 222 cm³/mol. The molecule has 7 aromatic rings. The molecule has 0 spiro atoms. The molecule has 0 amide bonds. The van der Waals surface area contributed by atoms with Crippen molar-refractivity contribution in [1.29, 1.82) is 0 Å². The first-order valence-electron chi connectivity index (χ1n) is 18.2. The fraction of sp³-hybridized carbons (Fsp3) is 0.0870. The SMILES string of the molecule is O=[N+]([O-])[C@@]12c3nc(c(-c4ccccc4)c4ccc([nH]4)c(-c4ccccc4)c4nc(c(-c5ccccc5)c5ccc([nH]5)c3-c3ccccc3)C=C4)[C@@H]1SCC2O. The van der Waals surface area contributed by atoms with Crippen molar-refractivity contribution >= 4 is 46.0 Å². The van der Waals surface area contributed by atoms with Gasteiger partial charge in [-0.1, -0.05) is 121 Å². The van der Waals surface area contributed by atoms with Crippen molar-refractivity contribution in [3.05, 3.63) is 178 Å². The molecule has 3 aliphatic rings. The highest BCUT2D eigenvalue weighted by atomic mass is 32.2. The molecule has 6 heterocycles. The lowest BCUT2D eigenvalue weighted by molar-refractivity contribution is -0.589. The van der Waals surface area contributed by atoms with Crippen molar-refractivity contribution in [2.45, 2.75) is 16.9 Å². The highest BCUT2D eigenvalue weighted by Crippen LogP contribution is 2.60. The fourth-order valence-electron chi connectivity index (χ4n) is 8.38. The number of aromatic nitrogens is 4. The van der Waals surface area contributed by atoms with E-state index in [2.05, 4.69) is 40.3 Å². The van der Waals surface area contributed by atoms with Gasteiger partial charge in [-0.2, -0.15) is 0 Å². The van der Waals surface area contributed by atoms with Crippen LogP contribution in [0, 0.1) is 10.1 Å². The zero-order valence-electron chi connectivity index (χ0n) is 29.4. The average Bonchev–Trinajstić information content (AvgIpc) is 4.07. The Hall–Kier alpha value is -6.55. The van der Waals surface area contributed by atoms with Crippen LogP contribution in [-0.2, 0) is 5.54 Å². The lowest BCUT2D eigenvalue weighted by Gasteiger charge is -2.24. The Labute approximate surface area is 320 Å². The van der Waals surface area contributed by atoms with Crippen molar-refractivity contribution < 1.29 is 10.0 Å². The molecule has 8 bridgehead atoms. The summed E-state index contributed by atoms with van der Waals surface area (Å²) >= 11 is 1.38. The Morgan fingerprint density at radius 3 is 1.44 bits per heavy atom. The van der Waals surface area contributed by atoms with Crippen molar-refractivity contribution in [1.82, 2.24) is 19.9 Å². The monoisotopic (exact) mass is 735 g/mol. The zero-order valence-corrected chi connectivity index (χ0v) is 30.2. The summed E-state index contributed by atoms with van der Waals surface area (Å²) in [6.45, 7) is 0. The maximum atomic E-state index is 13.8. The summed E-state index contributed by atoms with van der Waals surface area (Å²) in [5, 5.41) is 24.9. The largest absolute Gasteiger partial charge is 0.384 e. The number of hydrogen-bond acceptors (Lipinski definition) is 6. The van der Waals surface area contributed by atoms with Gasteiger partial charge >= 0.3 is 5.54 Å². The first kappa shape index (κ1) is 33.1. The molecule has 9 heteroatoms. The second-order valence-corrected chi connectivity index (χ2v) is 15.0.